The number of H-pyrrole nitrogens is 1. The zero-order valence-electron chi connectivity index (χ0n) is 22.2. The zero-order chi connectivity index (χ0) is 30.7. The van der Waals surface area contributed by atoms with Gasteiger partial charge in [0.1, 0.15) is 17.3 Å². The highest BCUT2D eigenvalue weighted by Crippen LogP contribution is 2.37. The van der Waals surface area contributed by atoms with Gasteiger partial charge in [-0.15, -0.1) is 0 Å². The van der Waals surface area contributed by atoms with E-state index in [2.05, 4.69) is 15.2 Å². The van der Waals surface area contributed by atoms with Gasteiger partial charge in [0.25, 0.3) is 5.56 Å². The van der Waals surface area contributed by atoms with Crippen LogP contribution in [0.25, 0.3) is 11.3 Å². The maximum absolute atomic E-state index is 13.4. The van der Waals surface area contributed by atoms with Crippen molar-refractivity contribution in [1.82, 2.24) is 25.0 Å². The predicted molar refractivity (Wildman–Crippen MR) is 136 cm³/mol. The van der Waals surface area contributed by atoms with Crippen LogP contribution in [-0.4, -0.2) is 25.0 Å². The Morgan fingerprint density at radius 2 is 1.62 bits per heavy atom. The Labute approximate surface area is 234 Å². The highest BCUT2D eigenvalue weighted by molar-refractivity contribution is 5.62. The number of aryl methyl sites for hydroxylation is 1. The van der Waals surface area contributed by atoms with E-state index in [1.807, 2.05) is 5.10 Å². The van der Waals surface area contributed by atoms with Crippen molar-refractivity contribution >= 4 is 0 Å². The third-order valence-corrected chi connectivity index (χ3v) is 6.75. The molecule has 1 saturated carbocycles. The molecule has 1 aliphatic rings. The number of halogens is 8. The summed E-state index contributed by atoms with van der Waals surface area (Å²) in [5.74, 6) is -1.26. The van der Waals surface area contributed by atoms with E-state index in [-0.39, 0.29) is 22.7 Å². The molecule has 1 aliphatic carbocycles. The van der Waals surface area contributed by atoms with Crippen molar-refractivity contribution in [1.29, 1.82) is 0 Å². The van der Waals surface area contributed by atoms with Crippen LogP contribution in [0.2, 0.25) is 0 Å². The Morgan fingerprint density at radius 3 is 2.21 bits per heavy atom. The average Bonchev–Trinajstić information content (AvgIpc) is 3.41. The molecule has 0 aliphatic heterocycles. The largest absolute Gasteiger partial charge is 0.433 e. The standard InChI is InChI=1S/C21H19F6N5O.C7H6F2/c22-20(23,24)15-7-4-8-28-17(15)11-32-19(33)13(12-5-2-1-3-6-12)9-16(31-32)14-10-29-30-18(14)21(25,26)27;1-5-2-6(8)4-7(9)3-5/h4,7-10,12H,1-3,5-6,11H2,(H,29,30);2-4H,1H3. The number of rotatable bonds is 4. The van der Waals surface area contributed by atoms with Gasteiger partial charge in [-0.1, -0.05) is 19.3 Å². The molecule has 224 valence electrons. The number of pyridine rings is 1. The number of alkyl halides is 6. The molecule has 6 nitrogen and oxygen atoms in total. The summed E-state index contributed by atoms with van der Waals surface area (Å²) in [7, 11) is 0. The number of aromatic nitrogens is 5. The SMILES string of the molecule is Cc1cc(F)cc(F)c1.O=c1c(C2CCCCC2)cc(-c2cn[nH]c2C(F)(F)F)nn1Cc1ncccc1C(F)(F)F. The van der Waals surface area contributed by atoms with Crippen molar-refractivity contribution in [3.8, 4) is 11.3 Å². The molecule has 0 radical (unpaired) electrons. The van der Waals surface area contributed by atoms with Crippen molar-refractivity contribution in [2.45, 2.75) is 63.8 Å². The average molecular weight is 600 g/mol. The fourth-order valence-electron chi connectivity index (χ4n) is 4.86. The van der Waals surface area contributed by atoms with Crippen molar-refractivity contribution < 1.29 is 35.1 Å². The lowest BCUT2D eigenvalue weighted by Crippen LogP contribution is -2.30. The maximum atomic E-state index is 13.4. The van der Waals surface area contributed by atoms with Crippen molar-refractivity contribution in [3.05, 3.63) is 98.9 Å². The van der Waals surface area contributed by atoms with Gasteiger partial charge in [0.05, 0.1) is 35.3 Å². The maximum Gasteiger partial charge on any atom is 0.433 e. The Kier molecular flexibility index (Phi) is 9.12. The monoisotopic (exact) mass is 599 g/mol. The normalized spacial score (nSPS) is 14.4. The Balaban J connectivity index is 0.000000385. The van der Waals surface area contributed by atoms with Gasteiger partial charge in [-0.05, 0) is 61.6 Å². The van der Waals surface area contributed by atoms with Crippen LogP contribution in [0.3, 0.4) is 0 Å². The molecule has 14 heteroatoms. The van der Waals surface area contributed by atoms with E-state index in [4.69, 9.17) is 0 Å². The Morgan fingerprint density at radius 1 is 0.952 bits per heavy atom. The summed E-state index contributed by atoms with van der Waals surface area (Å²) in [6, 6.07) is 6.67. The highest BCUT2D eigenvalue weighted by Gasteiger charge is 2.37. The summed E-state index contributed by atoms with van der Waals surface area (Å²) in [6.07, 6.45) is -3.40. The second-order valence-corrected chi connectivity index (χ2v) is 9.88. The molecule has 0 amide bonds. The first-order valence-electron chi connectivity index (χ1n) is 12.9. The van der Waals surface area contributed by atoms with Gasteiger partial charge in [-0.25, -0.2) is 13.5 Å². The molecule has 5 rings (SSSR count). The molecule has 0 unspecified atom stereocenters. The summed E-state index contributed by atoms with van der Waals surface area (Å²) in [6.45, 7) is 1.01. The third kappa shape index (κ3) is 7.39. The summed E-state index contributed by atoms with van der Waals surface area (Å²) in [5.41, 5.74) is -3.01. The number of aromatic amines is 1. The smallest absolute Gasteiger partial charge is 0.273 e. The first kappa shape index (κ1) is 30.8. The number of nitrogens with one attached hydrogen (secondary N) is 1. The van der Waals surface area contributed by atoms with E-state index >= 15 is 0 Å². The first-order chi connectivity index (χ1) is 19.7. The van der Waals surface area contributed by atoms with Crippen LogP contribution in [0.4, 0.5) is 35.1 Å². The van der Waals surface area contributed by atoms with Crippen LogP contribution in [0.15, 0.2) is 53.6 Å². The summed E-state index contributed by atoms with van der Waals surface area (Å²) in [4.78, 5) is 16.9. The molecule has 1 fully saturated rings. The molecule has 1 aromatic carbocycles. The van der Waals surface area contributed by atoms with Crippen LogP contribution in [0, 0.1) is 18.6 Å². The number of hydrogen-bond acceptors (Lipinski definition) is 4. The van der Waals surface area contributed by atoms with Crippen LogP contribution >= 0.6 is 0 Å². The molecular weight excluding hydrogens is 574 g/mol. The molecule has 3 heterocycles. The van der Waals surface area contributed by atoms with Gasteiger partial charge in [0.2, 0.25) is 0 Å². The van der Waals surface area contributed by atoms with Gasteiger partial charge in [0.15, 0.2) is 0 Å². The van der Waals surface area contributed by atoms with Crippen LogP contribution in [0.1, 0.15) is 66.1 Å². The van der Waals surface area contributed by atoms with Gasteiger partial charge < -0.3 is 0 Å². The lowest BCUT2D eigenvalue weighted by molar-refractivity contribution is -0.141. The first-order valence-corrected chi connectivity index (χ1v) is 12.9. The molecule has 0 bridgehead atoms. The van der Waals surface area contributed by atoms with Gasteiger partial charge in [-0.2, -0.15) is 36.5 Å². The van der Waals surface area contributed by atoms with E-state index < -0.39 is 53.0 Å². The quantitative estimate of drug-likeness (QED) is 0.248. The minimum Gasteiger partial charge on any atom is -0.273 e. The zero-order valence-corrected chi connectivity index (χ0v) is 22.2. The molecule has 0 saturated heterocycles. The Hall–Kier alpha value is -4.10. The third-order valence-electron chi connectivity index (χ3n) is 6.75. The van der Waals surface area contributed by atoms with Crippen molar-refractivity contribution in [2.75, 3.05) is 0 Å². The second kappa shape index (κ2) is 12.4. The van der Waals surface area contributed by atoms with Crippen molar-refractivity contribution in [2.24, 2.45) is 0 Å². The highest BCUT2D eigenvalue weighted by atomic mass is 19.4. The molecule has 42 heavy (non-hydrogen) atoms. The molecule has 4 aromatic rings. The minimum atomic E-state index is -4.76. The van der Waals surface area contributed by atoms with Gasteiger partial charge >= 0.3 is 12.4 Å². The van der Waals surface area contributed by atoms with E-state index in [0.29, 0.717) is 18.4 Å². The topological polar surface area (TPSA) is 76.5 Å². The van der Waals surface area contributed by atoms with Crippen molar-refractivity contribution in [3.63, 3.8) is 0 Å². The number of hydrogen-bond donors (Lipinski definition) is 1. The Bertz CT molecular complexity index is 1540. The van der Waals surface area contributed by atoms with E-state index in [1.165, 1.54) is 18.2 Å². The summed E-state index contributed by atoms with van der Waals surface area (Å²) in [5, 5.41) is 9.35. The van der Waals surface area contributed by atoms with Crippen LogP contribution in [0.5, 0.6) is 0 Å². The fraction of sp³-hybridized carbons (Fsp3) is 0.357. The van der Waals surface area contributed by atoms with Crippen LogP contribution < -0.4 is 5.56 Å². The molecule has 3 aromatic heterocycles. The number of benzene rings is 1. The van der Waals surface area contributed by atoms with Gasteiger partial charge in [-0.3, -0.25) is 14.9 Å². The fourth-order valence-corrected chi connectivity index (χ4v) is 4.86. The van der Waals surface area contributed by atoms with E-state index in [9.17, 15) is 39.9 Å². The summed E-state index contributed by atoms with van der Waals surface area (Å²) >= 11 is 0. The molecule has 0 atom stereocenters. The molecule has 0 spiro atoms. The predicted octanol–water partition coefficient (Wildman–Crippen LogP) is 7.44. The lowest BCUT2D eigenvalue weighted by atomic mass is 9.84. The van der Waals surface area contributed by atoms with E-state index in [0.717, 1.165) is 54.5 Å². The van der Waals surface area contributed by atoms with E-state index in [1.54, 1.807) is 6.92 Å². The molecular formula is C28H25F8N5O. The lowest BCUT2D eigenvalue weighted by Gasteiger charge is -2.22. The van der Waals surface area contributed by atoms with Crippen LogP contribution in [-0.2, 0) is 18.9 Å². The summed E-state index contributed by atoms with van der Waals surface area (Å²) < 4.78 is 106. The number of nitrogens with zero attached hydrogens (tertiary/aromatic N) is 4. The minimum absolute atomic E-state index is 0.194. The van der Waals surface area contributed by atoms with Gasteiger partial charge in [0, 0.05) is 17.8 Å². The second-order valence-electron chi connectivity index (χ2n) is 9.88. The molecule has 1 N–H and O–H groups in total.